The third kappa shape index (κ3) is 3.61. The Bertz CT molecular complexity index is 766. The predicted molar refractivity (Wildman–Crippen MR) is 99.3 cm³/mol. The molecule has 25 heavy (non-hydrogen) atoms. The van der Waals surface area contributed by atoms with Gasteiger partial charge in [-0.1, -0.05) is 13.0 Å². The van der Waals surface area contributed by atoms with Crippen LogP contribution < -0.4 is 5.32 Å². The number of nitrogens with zero attached hydrogens (tertiary/aromatic N) is 3. The smallest absolute Gasteiger partial charge is 0.323 e. The van der Waals surface area contributed by atoms with Gasteiger partial charge in [-0.05, 0) is 37.6 Å². The quantitative estimate of drug-likeness (QED) is 0.849. The third-order valence-electron chi connectivity index (χ3n) is 4.79. The Morgan fingerprint density at radius 3 is 2.88 bits per heavy atom. The van der Waals surface area contributed by atoms with Crippen LogP contribution in [0.5, 0.6) is 0 Å². The van der Waals surface area contributed by atoms with E-state index in [1.807, 2.05) is 38.4 Å². The Balaban J connectivity index is 1.68. The van der Waals surface area contributed by atoms with Gasteiger partial charge >= 0.3 is 6.03 Å². The van der Waals surface area contributed by atoms with E-state index in [9.17, 15) is 9.59 Å². The molecule has 7 heteroatoms. The highest BCUT2D eigenvalue weighted by Gasteiger charge is 2.30. The number of nitrogens with one attached hydrogen (secondary N) is 1. The number of hydrogen-bond acceptors (Lipinski definition) is 4. The fourth-order valence-electron chi connectivity index (χ4n) is 3.37. The number of aromatic nitrogens is 2. The van der Waals surface area contributed by atoms with Crippen molar-refractivity contribution in [2.24, 2.45) is 13.0 Å². The van der Waals surface area contributed by atoms with Gasteiger partial charge in [-0.15, -0.1) is 11.3 Å². The van der Waals surface area contributed by atoms with Crippen LogP contribution in [0.3, 0.4) is 0 Å². The van der Waals surface area contributed by atoms with Gasteiger partial charge in [0, 0.05) is 31.6 Å². The van der Waals surface area contributed by atoms with Crippen molar-refractivity contribution in [2.75, 3.05) is 18.4 Å². The molecule has 1 aliphatic rings. The van der Waals surface area contributed by atoms with Gasteiger partial charge in [0.2, 0.25) is 0 Å². The van der Waals surface area contributed by atoms with Crippen molar-refractivity contribution < 1.29 is 9.59 Å². The summed E-state index contributed by atoms with van der Waals surface area (Å²) in [7, 11) is 1.83. The Morgan fingerprint density at radius 1 is 1.44 bits per heavy atom. The zero-order valence-corrected chi connectivity index (χ0v) is 15.7. The summed E-state index contributed by atoms with van der Waals surface area (Å²) in [4.78, 5) is 27.8. The molecule has 1 fully saturated rings. The second kappa shape index (κ2) is 7.39. The highest BCUT2D eigenvalue weighted by molar-refractivity contribution is 7.12. The van der Waals surface area contributed by atoms with Crippen molar-refractivity contribution in [3.05, 3.63) is 33.6 Å². The van der Waals surface area contributed by atoms with Crippen LogP contribution in [-0.2, 0) is 13.5 Å². The number of amides is 2. The van der Waals surface area contributed by atoms with Crippen LogP contribution in [-0.4, -0.2) is 39.6 Å². The molecule has 0 radical (unpaired) electrons. The van der Waals surface area contributed by atoms with Crippen LogP contribution in [0.15, 0.2) is 17.5 Å². The van der Waals surface area contributed by atoms with E-state index in [0.29, 0.717) is 13.1 Å². The zero-order valence-electron chi connectivity index (χ0n) is 14.9. The molecule has 134 valence electrons. The third-order valence-corrected chi connectivity index (χ3v) is 5.67. The summed E-state index contributed by atoms with van der Waals surface area (Å²) in [6.07, 6.45) is 2.52. The number of aryl methyl sites for hydroxylation is 2. The van der Waals surface area contributed by atoms with Crippen molar-refractivity contribution >= 4 is 29.0 Å². The maximum absolute atomic E-state index is 12.7. The minimum absolute atomic E-state index is 0.114. The van der Waals surface area contributed by atoms with Crippen molar-refractivity contribution in [1.29, 1.82) is 0 Å². The van der Waals surface area contributed by atoms with Gasteiger partial charge in [-0.25, -0.2) is 4.79 Å². The molecule has 0 saturated carbocycles. The molecule has 1 N–H and O–H groups in total. The van der Waals surface area contributed by atoms with Gasteiger partial charge in [0.1, 0.15) is 5.82 Å². The first-order chi connectivity index (χ1) is 12.0. The molecule has 0 bridgehead atoms. The maximum Gasteiger partial charge on any atom is 0.323 e. The van der Waals surface area contributed by atoms with Crippen LogP contribution in [0, 0.1) is 12.8 Å². The topological polar surface area (TPSA) is 67.2 Å². The molecule has 2 aromatic rings. The number of likely N-dealkylation sites (tertiary alicyclic amines) is 1. The van der Waals surface area contributed by atoms with Crippen LogP contribution in [0.1, 0.15) is 40.7 Å². The first-order valence-electron chi connectivity index (χ1n) is 8.67. The molecule has 0 aliphatic carbocycles. The SMILES string of the molecule is CCc1nn(C)c(NC(=O)N2CCC[C@@H](C(=O)c3cccs3)C2)c1C. The fraction of sp³-hybridized carbons (Fsp3) is 0.500. The Kier molecular flexibility index (Phi) is 5.22. The van der Waals surface area contributed by atoms with E-state index >= 15 is 0 Å². The highest BCUT2D eigenvalue weighted by Crippen LogP contribution is 2.24. The first kappa shape index (κ1) is 17.7. The molecule has 2 aromatic heterocycles. The van der Waals surface area contributed by atoms with Gasteiger partial charge in [0.15, 0.2) is 5.78 Å². The van der Waals surface area contributed by atoms with E-state index in [1.54, 1.807) is 9.58 Å². The van der Waals surface area contributed by atoms with Crippen LogP contribution in [0.2, 0.25) is 0 Å². The van der Waals surface area contributed by atoms with Crippen LogP contribution >= 0.6 is 11.3 Å². The number of carbonyl (C=O) groups is 2. The minimum Gasteiger partial charge on any atom is -0.324 e. The summed E-state index contributed by atoms with van der Waals surface area (Å²) >= 11 is 1.47. The highest BCUT2D eigenvalue weighted by atomic mass is 32.1. The summed E-state index contributed by atoms with van der Waals surface area (Å²) in [6.45, 7) is 5.17. The van der Waals surface area contributed by atoms with E-state index < -0.39 is 0 Å². The van der Waals surface area contributed by atoms with E-state index in [0.717, 1.165) is 41.2 Å². The molecule has 1 atom stereocenters. The number of Topliss-reactive ketones (excluding diaryl/α,β-unsaturated/α-hetero) is 1. The van der Waals surface area contributed by atoms with Crippen molar-refractivity contribution in [3.8, 4) is 0 Å². The van der Waals surface area contributed by atoms with Gasteiger partial charge in [0.05, 0.1) is 10.6 Å². The summed E-state index contributed by atoms with van der Waals surface area (Å²) in [5, 5.41) is 9.32. The standard InChI is InChI=1S/C18H24N4O2S/c1-4-14-12(2)17(21(3)20-14)19-18(24)22-9-5-7-13(11-22)16(23)15-8-6-10-25-15/h6,8,10,13H,4-5,7,9,11H2,1-3H3,(H,19,24)/t13-/m1/s1. The summed E-state index contributed by atoms with van der Waals surface area (Å²) in [6, 6.07) is 3.59. The largest absolute Gasteiger partial charge is 0.324 e. The molecule has 6 nitrogen and oxygen atoms in total. The lowest BCUT2D eigenvalue weighted by Crippen LogP contribution is -2.44. The van der Waals surface area contributed by atoms with Crippen molar-refractivity contribution in [2.45, 2.75) is 33.1 Å². The molecule has 2 amide bonds. The molecule has 0 unspecified atom stereocenters. The Hall–Kier alpha value is -2.15. The number of ketones is 1. The van der Waals surface area contributed by atoms with Crippen molar-refractivity contribution in [3.63, 3.8) is 0 Å². The average Bonchev–Trinajstić information content (AvgIpc) is 3.25. The minimum atomic E-state index is -0.155. The summed E-state index contributed by atoms with van der Waals surface area (Å²) in [5.74, 6) is 0.767. The van der Waals surface area contributed by atoms with Crippen LogP contribution in [0.4, 0.5) is 10.6 Å². The first-order valence-corrected chi connectivity index (χ1v) is 9.55. The summed E-state index contributed by atoms with van der Waals surface area (Å²) in [5.41, 5.74) is 1.99. The average molecular weight is 360 g/mol. The number of thiophene rings is 1. The zero-order chi connectivity index (χ0) is 18.0. The van der Waals surface area contributed by atoms with E-state index in [-0.39, 0.29) is 17.7 Å². The lowest BCUT2D eigenvalue weighted by atomic mass is 9.93. The molecule has 0 spiro atoms. The monoisotopic (exact) mass is 360 g/mol. The number of piperidine rings is 1. The second-order valence-electron chi connectivity index (χ2n) is 6.45. The Morgan fingerprint density at radius 2 is 2.24 bits per heavy atom. The Labute approximate surface area is 151 Å². The van der Waals surface area contributed by atoms with E-state index in [4.69, 9.17) is 0 Å². The fourth-order valence-corrected chi connectivity index (χ4v) is 4.12. The maximum atomic E-state index is 12.7. The summed E-state index contributed by atoms with van der Waals surface area (Å²) < 4.78 is 1.71. The number of carbonyl (C=O) groups excluding carboxylic acids is 2. The molecule has 1 aliphatic heterocycles. The molecule has 1 saturated heterocycles. The number of rotatable bonds is 4. The lowest BCUT2D eigenvalue weighted by molar-refractivity contribution is 0.0855. The van der Waals surface area contributed by atoms with Crippen molar-refractivity contribution in [1.82, 2.24) is 14.7 Å². The number of urea groups is 1. The lowest BCUT2D eigenvalue weighted by Gasteiger charge is -2.31. The van der Waals surface area contributed by atoms with E-state index in [1.165, 1.54) is 11.3 Å². The van der Waals surface area contributed by atoms with Gasteiger partial charge < -0.3 is 4.90 Å². The molecular weight excluding hydrogens is 336 g/mol. The molecule has 3 heterocycles. The van der Waals surface area contributed by atoms with E-state index in [2.05, 4.69) is 10.4 Å². The molecular formula is C18H24N4O2S. The van der Waals surface area contributed by atoms with Crippen LogP contribution in [0.25, 0.3) is 0 Å². The predicted octanol–water partition coefficient (Wildman–Crippen LogP) is 3.48. The normalized spacial score (nSPS) is 17.6. The van der Waals surface area contributed by atoms with Gasteiger partial charge in [-0.2, -0.15) is 5.10 Å². The van der Waals surface area contributed by atoms with Gasteiger partial charge in [0.25, 0.3) is 0 Å². The second-order valence-corrected chi connectivity index (χ2v) is 7.40. The number of anilines is 1. The molecule has 0 aromatic carbocycles. The number of hydrogen-bond donors (Lipinski definition) is 1. The van der Waals surface area contributed by atoms with Gasteiger partial charge in [-0.3, -0.25) is 14.8 Å². The molecule has 3 rings (SSSR count).